The van der Waals surface area contributed by atoms with Gasteiger partial charge in [-0.1, -0.05) is 0 Å². The molecule has 3 rings (SSSR count). The Balaban J connectivity index is 2.44. The molecule has 2 nitrogen and oxygen atoms in total. The molecule has 0 bridgehead atoms. The number of hydrogen-bond donors (Lipinski definition) is 0. The standard InChI is InChI=1S/C15H12F6N2/c1-22-7-3-5-9(22)11-12(10-6-4-8-23(10)2)14(18,19)15(20,21)13(11,16)17/h3-8H,1-2H3. The van der Waals surface area contributed by atoms with Crippen LogP contribution < -0.4 is 0 Å². The van der Waals surface area contributed by atoms with Crippen LogP contribution in [-0.4, -0.2) is 26.9 Å². The van der Waals surface area contributed by atoms with Crippen molar-refractivity contribution in [3.8, 4) is 0 Å². The van der Waals surface area contributed by atoms with E-state index < -0.39 is 28.9 Å². The van der Waals surface area contributed by atoms with Gasteiger partial charge in [0.2, 0.25) is 0 Å². The first-order valence-electron chi connectivity index (χ1n) is 6.65. The number of alkyl halides is 6. The molecule has 0 atom stereocenters. The van der Waals surface area contributed by atoms with E-state index in [-0.39, 0.29) is 11.4 Å². The number of hydrogen-bond acceptors (Lipinski definition) is 0. The highest BCUT2D eigenvalue weighted by Gasteiger charge is 2.80. The largest absolute Gasteiger partial charge is 0.380 e. The molecule has 124 valence electrons. The normalized spacial score (nSPS) is 21.9. The van der Waals surface area contributed by atoms with Gasteiger partial charge in [0.1, 0.15) is 0 Å². The molecule has 8 heteroatoms. The van der Waals surface area contributed by atoms with Crippen LogP contribution in [-0.2, 0) is 14.1 Å². The van der Waals surface area contributed by atoms with Crippen LogP contribution in [0.2, 0.25) is 0 Å². The third kappa shape index (κ3) is 1.77. The fourth-order valence-corrected chi connectivity index (χ4v) is 2.84. The van der Waals surface area contributed by atoms with E-state index in [4.69, 9.17) is 0 Å². The van der Waals surface area contributed by atoms with Gasteiger partial charge in [0.05, 0.1) is 22.5 Å². The molecular weight excluding hydrogens is 322 g/mol. The van der Waals surface area contributed by atoms with Crippen molar-refractivity contribution in [3.63, 3.8) is 0 Å². The molecule has 23 heavy (non-hydrogen) atoms. The number of rotatable bonds is 2. The zero-order valence-electron chi connectivity index (χ0n) is 12.1. The van der Waals surface area contributed by atoms with Crippen molar-refractivity contribution in [1.29, 1.82) is 0 Å². The Bertz CT molecular complexity index is 732. The van der Waals surface area contributed by atoms with Gasteiger partial charge in [-0.3, -0.25) is 0 Å². The van der Waals surface area contributed by atoms with Crippen LogP contribution in [0.25, 0.3) is 11.1 Å². The predicted molar refractivity (Wildman–Crippen MR) is 72.5 cm³/mol. The molecule has 2 aromatic rings. The molecule has 2 heterocycles. The lowest BCUT2D eigenvalue weighted by molar-refractivity contribution is -0.254. The maximum Gasteiger partial charge on any atom is 0.380 e. The lowest BCUT2D eigenvalue weighted by Gasteiger charge is -2.25. The quantitative estimate of drug-likeness (QED) is 0.729. The molecule has 0 radical (unpaired) electrons. The fraction of sp³-hybridized carbons (Fsp3) is 0.333. The predicted octanol–water partition coefficient (Wildman–Crippen LogP) is 4.19. The number of halogens is 6. The Labute approximate surface area is 127 Å². The highest BCUT2D eigenvalue weighted by molar-refractivity contribution is 5.99. The smallest absolute Gasteiger partial charge is 0.351 e. The zero-order chi connectivity index (χ0) is 17.2. The van der Waals surface area contributed by atoms with Crippen molar-refractivity contribution in [2.45, 2.75) is 17.8 Å². The number of nitrogens with zero attached hydrogens (tertiary/aromatic N) is 2. The first-order chi connectivity index (χ1) is 10.5. The summed E-state index contributed by atoms with van der Waals surface area (Å²) in [4.78, 5) is 0. The molecular formula is C15H12F6N2. The van der Waals surface area contributed by atoms with Crippen LogP contribution in [0.1, 0.15) is 11.4 Å². The first kappa shape index (κ1) is 15.8. The van der Waals surface area contributed by atoms with Crippen LogP contribution in [0.15, 0.2) is 36.7 Å². The molecule has 0 aliphatic heterocycles. The van der Waals surface area contributed by atoms with Crippen molar-refractivity contribution in [2.75, 3.05) is 0 Å². The van der Waals surface area contributed by atoms with Gasteiger partial charge in [0, 0.05) is 26.5 Å². The van der Waals surface area contributed by atoms with Gasteiger partial charge in [0.25, 0.3) is 0 Å². The highest BCUT2D eigenvalue weighted by Crippen LogP contribution is 2.64. The van der Waals surface area contributed by atoms with Gasteiger partial charge in [-0.2, -0.15) is 26.3 Å². The van der Waals surface area contributed by atoms with E-state index in [1.807, 2.05) is 0 Å². The van der Waals surface area contributed by atoms with E-state index in [1.54, 1.807) is 0 Å². The van der Waals surface area contributed by atoms with Gasteiger partial charge >= 0.3 is 17.8 Å². The average Bonchev–Trinajstić information content (AvgIpc) is 3.05. The summed E-state index contributed by atoms with van der Waals surface area (Å²) in [7, 11) is 2.66. The van der Waals surface area contributed by atoms with Crippen molar-refractivity contribution in [1.82, 2.24) is 9.13 Å². The second-order valence-corrected chi connectivity index (χ2v) is 5.48. The highest BCUT2D eigenvalue weighted by atomic mass is 19.3. The molecule has 1 aliphatic rings. The van der Waals surface area contributed by atoms with Gasteiger partial charge in [0.15, 0.2) is 0 Å². The van der Waals surface area contributed by atoms with E-state index in [9.17, 15) is 26.3 Å². The topological polar surface area (TPSA) is 9.86 Å². The molecule has 0 unspecified atom stereocenters. The summed E-state index contributed by atoms with van der Waals surface area (Å²) in [6, 6.07) is 4.89. The summed E-state index contributed by atoms with van der Waals surface area (Å²) < 4.78 is 87.2. The van der Waals surface area contributed by atoms with Crippen molar-refractivity contribution in [2.24, 2.45) is 14.1 Å². The van der Waals surface area contributed by atoms with Crippen LogP contribution in [0.4, 0.5) is 26.3 Å². The monoisotopic (exact) mass is 334 g/mol. The second-order valence-electron chi connectivity index (χ2n) is 5.48. The Hall–Kier alpha value is -2.12. The van der Waals surface area contributed by atoms with E-state index >= 15 is 0 Å². The summed E-state index contributed by atoms with van der Waals surface area (Å²) in [5.41, 5.74) is -3.44. The maximum atomic E-state index is 14.3. The molecule has 0 saturated heterocycles. The third-order valence-electron chi connectivity index (χ3n) is 4.07. The first-order valence-corrected chi connectivity index (χ1v) is 6.65. The van der Waals surface area contributed by atoms with Gasteiger partial charge < -0.3 is 9.13 Å². The summed E-state index contributed by atoms with van der Waals surface area (Å²) in [5, 5.41) is 0. The molecule has 2 aromatic heterocycles. The molecule has 0 fully saturated rings. The molecule has 0 aromatic carbocycles. The number of aryl methyl sites for hydroxylation is 2. The Morgan fingerprint density at radius 3 is 1.30 bits per heavy atom. The van der Waals surface area contributed by atoms with Crippen molar-refractivity contribution < 1.29 is 26.3 Å². The van der Waals surface area contributed by atoms with Crippen molar-refractivity contribution in [3.05, 3.63) is 48.0 Å². The lowest BCUT2D eigenvalue weighted by Crippen LogP contribution is -2.49. The Morgan fingerprint density at radius 2 is 1.04 bits per heavy atom. The minimum Gasteiger partial charge on any atom is -0.351 e. The Morgan fingerprint density at radius 1 is 0.696 bits per heavy atom. The van der Waals surface area contributed by atoms with Gasteiger partial charge in [-0.15, -0.1) is 0 Å². The van der Waals surface area contributed by atoms with E-state index in [0.29, 0.717) is 0 Å². The minimum atomic E-state index is -5.51. The van der Waals surface area contributed by atoms with Crippen molar-refractivity contribution >= 4 is 11.1 Å². The van der Waals surface area contributed by atoms with Gasteiger partial charge in [-0.25, -0.2) is 0 Å². The van der Waals surface area contributed by atoms with E-state index in [1.165, 1.54) is 38.6 Å². The summed E-state index contributed by atoms with van der Waals surface area (Å²) in [5.74, 6) is -15.5. The number of allylic oxidation sites excluding steroid dienone is 2. The molecule has 0 spiro atoms. The van der Waals surface area contributed by atoms with Crippen LogP contribution in [0, 0.1) is 0 Å². The van der Waals surface area contributed by atoms with E-state index in [2.05, 4.69) is 0 Å². The molecule has 0 amide bonds. The van der Waals surface area contributed by atoms with Crippen LogP contribution in [0.5, 0.6) is 0 Å². The average molecular weight is 334 g/mol. The fourth-order valence-electron chi connectivity index (χ4n) is 2.84. The number of aromatic nitrogens is 2. The van der Waals surface area contributed by atoms with E-state index in [0.717, 1.165) is 21.3 Å². The second kappa shape index (κ2) is 4.46. The maximum absolute atomic E-state index is 14.3. The van der Waals surface area contributed by atoms with Crippen LogP contribution >= 0.6 is 0 Å². The molecule has 1 aliphatic carbocycles. The van der Waals surface area contributed by atoms with Gasteiger partial charge in [-0.05, 0) is 24.3 Å². The minimum absolute atomic E-state index is 0.372. The Kier molecular flexibility index (Phi) is 3.05. The third-order valence-corrected chi connectivity index (χ3v) is 4.07. The summed E-state index contributed by atoms with van der Waals surface area (Å²) in [6.07, 6.45) is 2.66. The SMILES string of the molecule is Cn1cccc1C1=C(c2cccn2C)C(F)(F)C(F)(F)C1(F)F. The van der Waals surface area contributed by atoms with Crippen LogP contribution in [0.3, 0.4) is 0 Å². The molecule has 0 saturated carbocycles. The summed E-state index contributed by atoms with van der Waals surface area (Å²) >= 11 is 0. The molecule has 0 N–H and O–H groups in total. The zero-order valence-corrected chi connectivity index (χ0v) is 12.1. The summed E-state index contributed by atoms with van der Waals surface area (Å²) in [6.45, 7) is 0. The lowest BCUT2D eigenvalue weighted by atomic mass is 10.0.